The zero-order chi connectivity index (χ0) is 19.2. The number of aliphatic carboxylic acids is 1. The van der Waals surface area contributed by atoms with Crippen molar-refractivity contribution < 1.29 is 19.5 Å². The minimum Gasteiger partial charge on any atom is -0.481 e. The lowest BCUT2D eigenvalue weighted by Crippen LogP contribution is -2.47. The molecular weight excluding hydrogens is 356 g/mol. The standard InChI is InChI=1S/C17H22N4O4S/c1-9-11-7-12(26-15(11)20(4)19-9)13(22)18-10(2)14(23)21-6-5-17(3,8-21)16(24)25/h7,10H,5-6,8H2,1-4H3,(H,18,22)(H,24,25). The van der Waals surface area contributed by atoms with Crippen LogP contribution in [0.3, 0.4) is 0 Å². The molecule has 2 aromatic heterocycles. The molecule has 3 heterocycles. The second-order valence-corrected chi connectivity index (χ2v) is 8.14. The van der Waals surface area contributed by atoms with Crippen LogP contribution in [0.1, 0.15) is 35.6 Å². The van der Waals surface area contributed by atoms with Crippen molar-refractivity contribution >= 4 is 39.3 Å². The SMILES string of the molecule is Cc1nn(C)c2sc(C(=O)NC(C)C(=O)N3CCC(C)(C(=O)O)C3)cc12. The number of likely N-dealkylation sites (tertiary alicyclic amines) is 1. The third kappa shape index (κ3) is 3.07. The van der Waals surface area contributed by atoms with Gasteiger partial charge in [-0.1, -0.05) is 0 Å². The van der Waals surface area contributed by atoms with Crippen molar-refractivity contribution in [2.45, 2.75) is 33.2 Å². The van der Waals surface area contributed by atoms with Crippen LogP contribution in [0.5, 0.6) is 0 Å². The number of nitrogens with one attached hydrogen (secondary N) is 1. The first kappa shape index (κ1) is 18.4. The zero-order valence-corrected chi connectivity index (χ0v) is 16.0. The molecule has 140 valence electrons. The van der Waals surface area contributed by atoms with Crippen LogP contribution in [0.2, 0.25) is 0 Å². The molecule has 0 aliphatic carbocycles. The van der Waals surface area contributed by atoms with Crippen LogP contribution in [0.25, 0.3) is 10.2 Å². The number of carbonyl (C=O) groups excluding carboxylic acids is 2. The molecular formula is C17H22N4O4S. The number of fused-ring (bicyclic) bond motifs is 1. The van der Waals surface area contributed by atoms with E-state index in [-0.39, 0.29) is 18.4 Å². The average Bonchev–Trinajstić information content (AvgIpc) is 3.24. The summed E-state index contributed by atoms with van der Waals surface area (Å²) in [6, 6.07) is 1.06. The summed E-state index contributed by atoms with van der Waals surface area (Å²) in [7, 11) is 1.83. The van der Waals surface area contributed by atoms with Crippen LogP contribution >= 0.6 is 11.3 Å². The number of hydrogen-bond acceptors (Lipinski definition) is 5. The van der Waals surface area contributed by atoms with Crippen molar-refractivity contribution in [3.05, 3.63) is 16.6 Å². The van der Waals surface area contributed by atoms with Gasteiger partial charge in [-0.3, -0.25) is 19.1 Å². The van der Waals surface area contributed by atoms with Gasteiger partial charge in [0.25, 0.3) is 5.91 Å². The maximum absolute atomic E-state index is 12.6. The second kappa shape index (κ2) is 6.39. The van der Waals surface area contributed by atoms with Crippen LogP contribution in [-0.2, 0) is 16.6 Å². The first-order chi connectivity index (χ1) is 12.1. The van der Waals surface area contributed by atoms with E-state index in [1.165, 1.54) is 16.2 Å². The number of aryl methyl sites for hydroxylation is 2. The van der Waals surface area contributed by atoms with Gasteiger partial charge in [-0.2, -0.15) is 5.10 Å². The second-order valence-electron chi connectivity index (χ2n) is 7.11. The molecule has 2 amide bonds. The Balaban J connectivity index is 1.68. The highest BCUT2D eigenvalue weighted by atomic mass is 32.1. The van der Waals surface area contributed by atoms with E-state index in [9.17, 15) is 19.5 Å². The van der Waals surface area contributed by atoms with Gasteiger partial charge < -0.3 is 15.3 Å². The molecule has 1 fully saturated rings. The van der Waals surface area contributed by atoms with Crippen LogP contribution in [0.4, 0.5) is 0 Å². The number of carbonyl (C=O) groups is 3. The van der Waals surface area contributed by atoms with Gasteiger partial charge in [0, 0.05) is 25.5 Å². The Kier molecular flexibility index (Phi) is 4.51. The predicted molar refractivity (Wildman–Crippen MR) is 97.2 cm³/mol. The molecule has 0 saturated carbocycles. The van der Waals surface area contributed by atoms with Gasteiger partial charge in [-0.15, -0.1) is 11.3 Å². The monoisotopic (exact) mass is 378 g/mol. The Hall–Kier alpha value is -2.42. The highest BCUT2D eigenvalue weighted by molar-refractivity contribution is 7.20. The Bertz CT molecular complexity index is 868. The van der Waals surface area contributed by atoms with E-state index in [1.807, 2.05) is 14.0 Å². The van der Waals surface area contributed by atoms with Gasteiger partial charge in [-0.05, 0) is 33.3 Å². The Labute approximate surface area is 154 Å². The van der Waals surface area contributed by atoms with Crippen molar-refractivity contribution in [1.29, 1.82) is 0 Å². The van der Waals surface area contributed by atoms with E-state index in [0.717, 1.165) is 15.9 Å². The number of carboxylic acid groups (broad SMARTS) is 1. The van der Waals surface area contributed by atoms with Gasteiger partial charge in [0.1, 0.15) is 10.9 Å². The van der Waals surface area contributed by atoms with E-state index in [1.54, 1.807) is 24.6 Å². The number of thiophene rings is 1. The van der Waals surface area contributed by atoms with Gasteiger partial charge in [0.2, 0.25) is 5.91 Å². The molecule has 8 nitrogen and oxygen atoms in total. The summed E-state index contributed by atoms with van der Waals surface area (Å²) in [4.78, 5) is 39.3. The third-order valence-corrected chi connectivity index (χ3v) is 6.14. The molecule has 2 aromatic rings. The summed E-state index contributed by atoms with van der Waals surface area (Å²) in [6.07, 6.45) is 0.414. The Morgan fingerprint density at radius 3 is 2.69 bits per heavy atom. The smallest absolute Gasteiger partial charge is 0.311 e. The topological polar surface area (TPSA) is 105 Å². The van der Waals surface area contributed by atoms with Gasteiger partial charge in [0.05, 0.1) is 16.0 Å². The molecule has 0 aromatic carbocycles. The highest BCUT2D eigenvalue weighted by Crippen LogP contribution is 2.31. The molecule has 9 heteroatoms. The average molecular weight is 378 g/mol. The largest absolute Gasteiger partial charge is 0.481 e. The maximum Gasteiger partial charge on any atom is 0.311 e. The van der Waals surface area contributed by atoms with E-state index in [0.29, 0.717) is 17.8 Å². The Morgan fingerprint density at radius 2 is 2.12 bits per heavy atom. The maximum atomic E-state index is 12.6. The van der Waals surface area contributed by atoms with Crippen molar-refractivity contribution in [1.82, 2.24) is 20.0 Å². The molecule has 0 spiro atoms. The summed E-state index contributed by atoms with van der Waals surface area (Å²) < 4.78 is 1.73. The van der Waals surface area contributed by atoms with Crippen molar-refractivity contribution in [2.24, 2.45) is 12.5 Å². The van der Waals surface area contributed by atoms with Crippen molar-refractivity contribution in [2.75, 3.05) is 13.1 Å². The zero-order valence-electron chi connectivity index (χ0n) is 15.2. The number of rotatable bonds is 4. The van der Waals surface area contributed by atoms with Crippen molar-refractivity contribution in [3.63, 3.8) is 0 Å². The lowest BCUT2D eigenvalue weighted by Gasteiger charge is -2.23. The molecule has 2 unspecified atom stereocenters. The minimum atomic E-state index is -0.921. The molecule has 1 saturated heterocycles. The fraction of sp³-hybridized carbons (Fsp3) is 0.529. The summed E-state index contributed by atoms with van der Waals surface area (Å²) in [5, 5.41) is 17.2. The number of aromatic nitrogens is 2. The lowest BCUT2D eigenvalue weighted by molar-refractivity contribution is -0.147. The third-order valence-electron chi connectivity index (χ3n) is 4.94. The number of nitrogens with zero attached hydrogens (tertiary/aromatic N) is 3. The minimum absolute atomic E-state index is 0.162. The summed E-state index contributed by atoms with van der Waals surface area (Å²) in [5.74, 6) is -1.48. The quantitative estimate of drug-likeness (QED) is 0.836. The molecule has 2 N–H and O–H groups in total. The first-order valence-electron chi connectivity index (χ1n) is 8.38. The fourth-order valence-electron chi connectivity index (χ4n) is 3.24. The molecule has 26 heavy (non-hydrogen) atoms. The highest BCUT2D eigenvalue weighted by Gasteiger charge is 2.43. The fourth-order valence-corrected chi connectivity index (χ4v) is 4.27. The summed E-state index contributed by atoms with van der Waals surface area (Å²) >= 11 is 1.33. The molecule has 0 radical (unpaired) electrons. The van der Waals surface area contributed by atoms with Crippen LogP contribution in [-0.4, -0.2) is 56.7 Å². The number of amides is 2. The molecule has 2 atom stereocenters. The van der Waals surface area contributed by atoms with Gasteiger partial charge >= 0.3 is 5.97 Å². The Morgan fingerprint density at radius 1 is 1.42 bits per heavy atom. The molecule has 3 rings (SSSR count). The van der Waals surface area contributed by atoms with Gasteiger partial charge in [-0.25, -0.2) is 0 Å². The lowest BCUT2D eigenvalue weighted by atomic mass is 9.90. The normalized spacial score (nSPS) is 21.2. The van der Waals surface area contributed by atoms with E-state index >= 15 is 0 Å². The predicted octanol–water partition coefficient (Wildman–Crippen LogP) is 1.38. The molecule has 1 aliphatic heterocycles. The van der Waals surface area contributed by atoms with E-state index in [4.69, 9.17) is 0 Å². The molecule has 0 bridgehead atoms. The number of carboxylic acids is 1. The van der Waals surface area contributed by atoms with Crippen molar-refractivity contribution in [3.8, 4) is 0 Å². The molecule has 1 aliphatic rings. The van der Waals surface area contributed by atoms with E-state index in [2.05, 4.69) is 10.4 Å². The number of hydrogen-bond donors (Lipinski definition) is 2. The van der Waals surface area contributed by atoms with Crippen LogP contribution < -0.4 is 5.32 Å². The summed E-state index contributed by atoms with van der Waals surface area (Å²) in [6.45, 7) is 5.69. The first-order valence-corrected chi connectivity index (χ1v) is 9.20. The van der Waals surface area contributed by atoms with Gasteiger partial charge in [0.15, 0.2) is 0 Å². The summed E-state index contributed by atoms with van der Waals surface area (Å²) in [5.41, 5.74) is -0.0676. The van der Waals surface area contributed by atoms with E-state index < -0.39 is 17.4 Å². The van der Waals surface area contributed by atoms with Crippen LogP contribution in [0, 0.1) is 12.3 Å². The van der Waals surface area contributed by atoms with Crippen LogP contribution in [0.15, 0.2) is 6.07 Å².